The smallest absolute Gasteiger partial charge is 0.325 e. The Hall–Kier alpha value is -1.60. The Bertz CT molecular complexity index is 568. The Morgan fingerprint density at radius 1 is 1.55 bits per heavy atom. The highest BCUT2D eigenvalue weighted by Crippen LogP contribution is 2.36. The fourth-order valence-corrected chi connectivity index (χ4v) is 3.36. The molecule has 7 heteroatoms. The van der Waals surface area contributed by atoms with Crippen LogP contribution in [0.4, 0.5) is 0 Å². The van der Waals surface area contributed by atoms with E-state index in [1.54, 1.807) is 30.9 Å². The molecule has 0 amide bonds. The molecule has 1 aliphatic heterocycles. The Morgan fingerprint density at radius 3 is 3.00 bits per heavy atom. The molecule has 2 rings (SSSR count). The fraction of sp³-hybridized carbons (Fsp3) is 0.533. The number of ether oxygens (including phenoxy) is 1. The number of nitrogens with zero attached hydrogens (tertiary/aromatic N) is 2. The lowest BCUT2D eigenvalue weighted by molar-refractivity contribution is -0.143. The standard InChI is InChI=1S/C15H21N3O3S/c1-3-21-14(20)9-18-10-17-8-13(18)15(22-11(2)19)12-5-4-6-16-7-12/h5,8,10,15-16H,3-4,6-7,9H2,1-2H3. The van der Waals surface area contributed by atoms with Crippen LogP contribution in [0.15, 0.2) is 24.2 Å². The largest absolute Gasteiger partial charge is 0.465 e. The van der Waals surface area contributed by atoms with Crippen LogP contribution >= 0.6 is 11.8 Å². The van der Waals surface area contributed by atoms with Crippen LogP contribution in [-0.4, -0.2) is 40.3 Å². The molecule has 120 valence electrons. The molecule has 1 aromatic rings. The van der Waals surface area contributed by atoms with Gasteiger partial charge in [0.1, 0.15) is 6.54 Å². The molecule has 0 spiro atoms. The van der Waals surface area contributed by atoms with Gasteiger partial charge in [-0.2, -0.15) is 0 Å². The van der Waals surface area contributed by atoms with Crippen molar-refractivity contribution in [1.29, 1.82) is 0 Å². The third kappa shape index (κ3) is 4.45. The maximum atomic E-state index is 11.7. The lowest BCUT2D eigenvalue weighted by atomic mass is 10.1. The Kier molecular flexibility index (Phi) is 6.21. The number of nitrogens with one attached hydrogen (secondary N) is 1. The van der Waals surface area contributed by atoms with Crippen LogP contribution in [0.1, 0.15) is 31.2 Å². The van der Waals surface area contributed by atoms with Crippen LogP contribution in [0.5, 0.6) is 0 Å². The van der Waals surface area contributed by atoms with Gasteiger partial charge in [-0.1, -0.05) is 17.8 Å². The molecule has 0 aliphatic carbocycles. The molecule has 1 N–H and O–H groups in total. The van der Waals surface area contributed by atoms with Gasteiger partial charge in [-0.05, 0) is 25.5 Å². The summed E-state index contributed by atoms with van der Waals surface area (Å²) in [6.07, 6.45) is 6.43. The van der Waals surface area contributed by atoms with Gasteiger partial charge in [0.15, 0.2) is 5.12 Å². The second kappa shape index (κ2) is 8.14. The van der Waals surface area contributed by atoms with Gasteiger partial charge >= 0.3 is 5.97 Å². The minimum absolute atomic E-state index is 0.0420. The lowest BCUT2D eigenvalue weighted by Gasteiger charge is -2.23. The number of carbonyl (C=O) groups is 2. The minimum atomic E-state index is -0.302. The molecule has 1 atom stereocenters. The topological polar surface area (TPSA) is 73.2 Å². The lowest BCUT2D eigenvalue weighted by Crippen LogP contribution is -2.26. The summed E-state index contributed by atoms with van der Waals surface area (Å²) in [5.41, 5.74) is 2.00. The molecule has 1 aliphatic rings. The van der Waals surface area contributed by atoms with Crippen molar-refractivity contribution in [2.24, 2.45) is 0 Å². The molecule has 0 bridgehead atoms. The van der Waals surface area contributed by atoms with Crippen LogP contribution in [0.3, 0.4) is 0 Å². The first-order valence-corrected chi connectivity index (χ1v) is 8.22. The zero-order chi connectivity index (χ0) is 15.9. The predicted octanol–water partition coefficient (Wildman–Crippen LogP) is 1.69. The van der Waals surface area contributed by atoms with Crippen molar-refractivity contribution in [3.05, 3.63) is 29.9 Å². The van der Waals surface area contributed by atoms with Gasteiger partial charge in [0.05, 0.1) is 23.9 Å². The first kappa shape index (κ1) is 16.8. The van der Waals surface area contributed by atoms with E-state index >= 15 is 0 Å². The number of aromatic nitrogens is 2. The molecule has 0 saturated heterocycles. The summed E-state index contributed by atoms with van der Waals surface area (Å²) < 4.78 is 6.75. The van der Waals surface area contributed by atoms with Crippen molar-refractivity contribution in [3.63, 3.8) is 0 Å². The SMILES string of the molecule is CCOC(=O)Cn1cncc1C(SC(C)=O)C1=CCCNC1. The minimum Gasteiger partial charge on any atom is -0.465 e. The highest BCUT2D eigenvalue weighted by atomic mass is 32.2. The number of hydrogen-bond donors (Lipinski definition) is 1. The van der Waals surface area contributed by atoms with Gasteiger partial charge in [-0.25, -0.2) is 4.98 Å². The normalized spacial score (nSPS) is 16.0. The number of imidazole rings is 1. The monoisotopic (exact) mass is 323 g/mol. The summed E-state index contributed by atoms with van der Waals surface area (Å²) in [4.78, 5) is 27.5. The fourth-order valence-electron chi connectivity index (χ4n) is 2.38. The third-order valence-electron chi connectivity index (χ3n) is 3.30. The molecule has 22 heavy (non-hydrogen) atoms. The molecule has 1 unspecified atom stereocenters. The Balaban J connectivity index is 2.24. The summed E-state index contributed by atoms with van der Waals surface area (Å²) in [6.45, 7) is 5.49. The van der Waals surface area contributed by atoms with Crippen LogP contribution in [-0.2, 0) is 20.9 Å². The molecule has 6 nitrogen and oxygen atoms in total. The van der Waals surface area contributed by atoms with E-state index < -0.39 is 0 Å². The molecule has 1 aromatic heterocycles. The highest BCUT2D eigenvalue weighted by Gasteiger charge is 2.24. The summed E-state index contributed by atoms with van der Waals surface area (Å²) in [5.74, 6) is -0.302. The quantitative estimate of drug-likeness (QED) is 0.634. The van der Waals surface area contributed by atoms with Gasteiger partial charge in [0, 0.05) is 19.7 Å². The predicted molar refractivity (Wildman–Crippen MR) is 85.4 cm³/mol. The van der Waals surface area contributed by atoms with Crippen LogP contribution in [0.25, 0.3) is 0 Å². The third-order valence-corrected chi connectivity index (χ3v) is 4.41. The van der Waals surface area contributed by atoms with E-state index in [0.717, 1.165) is 30.8 Å². The summed E-state index contributed by atoms with van der Waals surface area (Å²) in [5, 5.41) is 3.24. The number of esters is 1. The average Bonchev–Trinajstić information content (AvgIpc) is 2.93. The molecule has 0 aromatic carbocycles. The van der Waals surface area contributed by atoms with E-state index in [1.165, 1.54) is 11.8 Å². The van der Waals surface area contributed by atoms with Crippen molar-refractivity contribution in [2.75, 3.05) is 19.7 Å². The van der Waals surface area contributed by atoms with Gasteiger partial charge in [-0.15, -0.1) is 0 Å². The van der Waals surface area contributed by atoms with Gasteiger partial charge in [0.25, 0.3) is 0 Å². The van der Waals surface area contributed by atoms with E-state index in [2.05, 4.69) is 16.4 Å². The van der Waals surface area contributed by atoms with Crippen molar-refractivity contribution < 1.29 is 14.3 Å². The molecule has 2 heterocycles. The molecular weight excluding hydrogens is 302 g/mol. The summed E-state index contributed by atoms with van der Waals surface area (Å²) in [7, 11) is 0. The zero-order valence-electron chi connectivity index (χ0n) is 12.9. The maximum Gasteiger partial charge on any atom is 0.325 e. The number of thioether (sulfide) groups is 1. The number of hydrogen-bond acceptors (Lipinski definition) is 6. The Labute approximate surface area is 134 Å². The molecule has 0 fully saturated rings. The van der Waals surface area contributed by atoms with E-state index in [4.69, 9.17) is 4.74 Å². The van der Waals surface area contributed by atoms with Gasteiger partial charge in [0.2, 0.25) is 0 Å². The van der Waals surface area contributed by atoms with Crippen LogP contribution in [0, 0.1) is 0 Å². The van der Waals surface area contributed by atoms with Crippen molar-refractivity contribution in [2.45, 2.75) is 32.1 Å². The molecule has 0 saturated carbocycles. The highest BCUT2D eigenvalue weighted by molar-refractivity contribution is 8.13. The van der Waals surface area contributed by atoms with E-state index in [1.807, 2.05) is 0 Å². The van der Waals surface area contributed by atoms with Crippen molar-refractivity contribution in [3.8, 4) is 0 Å². The average molecular weight is 323 g/mol. The van der Waals surface area contributed by atoms with Crippen molar-refractivity contribution in [1.82, 2.24) is 14.9 Å². The van der Waals surface area contributed by atoms with Crippen molar-refractivity contribution >= 4 is 22.8 Å². The van der Waals surface area contributed by atoms with E-state index in [-0.39, 0.29) is 22.9 Å². The Morgan fingerprint density at radius 2 is 2.36 bits per heavy atom. The number of carbonyl (C=O) groups excluding carboxylic acids is 2. The van der Waals surface area contributed by atoms with E-state index in [0.29, 0.717) is 6.61 Å². The number of rotatable bonds is 6. The van der Waals surface area contributed by atoms with Crippen LogP contribution < -0.4 is 5.32 Å². The first-order valence-electron chi connectivity index (χ1n) is 7.34. The molecule has 0 radical (unpaired) electrons. The van der Waals surface area contributed by atoms with Gasteiger partial charge in [-0.3, -0.25) is 9.59 Å². The molecular formula is C15H21N3O3S. The summed E-state index contributed by atoms with van der Waals surface area (Å²) in [6, 6.07) is 0. The van der Waals surface area contributed by atoms with Gasteiger partial charge < -0.3 is 14.6 Å². The van der Waals surface area contributed by atoms with Crippen LogP contribution in [0.2, 0.25) is 0 Å². The maximum absolute atomic E-state index is 11.7. The second-order valence-corrected chi connectivity index (χ2v) is 6.27. The van der Waals surface area contributed by atoms with E-state index in [9.17, 15) is 9.59 Å². The first-order chi connectivity index (χ1) is 10.6. The second-order valence-electron chi connectivity index (χ2n) is 4.99. The summed E-state index contributed by atoms with van der Waals surface area (Å²) >= 11 is 1.26. The zero-order valence-corrected chi connectivity index (χ0v) is 13.7.